The molecule has 3 aromatic heterocycles. The number of thiophene rings is 1. The van der Waals surface area contributed by atoms with Crippen molar-refractivity contribution < 1.29 is 18.0 Å². The maximum atomic E-state index is 13.7. The molecule has 0 unspecified atom stereocenters. The van der Waals surface area contributed by atoms with Gasteiger partial charge in [-0.3, -0.25) is 18.7 Å². The molecule has 0 bridgehead atoms. The molecule has 36 heavy (non-hydrogen) atoms. The van der Waals surface area contributed by atoms with Gasteiger partial charge in [0.05, 0.1) is 20.7 Å². The number of ketones is 1. The number of halogens is 3. The second-order valence-corrected chi connectivity index (χ2v) is 12.4. The van der Waals surface area contributed by atoms with Gasteiger partial charge in [0, 0.05) is 19.2 Å². The number of benzene rings is 1. The van der Waals surface area contributed by atoms with Crippen molar-refractivity contribution in [2.45, 2.75) is 40.1 Å². The lowest BCUT2D eigenvalue weighted by Gasteiger charge is -2.11. The Morgan fingerprint density at radius 3 is 2.39 bits per heavy atom. The van der Waals surface area contributed by atoms with Crippen molar-refractivity contribution in [3.63, 3.8) is 0 Å². The molecule has 0 saturated heterocycles. The first kappa shape index (κ1) is 26.6. The van der Waals surface area contributed by atoms with Gasteiger partial charge in [0.25, 0.3) is 5.56 Å². The highest BCUT2D eigenvalue weighted by atomic mass is 32.2. The summed E-state index contributed by atoms with van der Waals surface area (Å²) in [6, 6.07) is 4.52. The van der Waals surface area contributed by atoms with Gasteiger partial charge in [-0.05, 0) is 18.2 Å². The molecular formula is C22H19F3N4O3S4. The van der Waals surface area contributed by atoms with Crippen molar-refractivity contribution in [3.8, 4) is 0 Å². The number of thioether (sulfide) groups is 1. The minimum atomic E-state index is -4.75. The Morgan fingerprint density at radius 1 is 1.11 bits per heavy atom. The summed E-state index contributed by atoms with van der Waals surface area (Å²) in [5, 5.41) is 8.21. The molecule has 14 heteroatoms. The number of fused-ring (bicyclic) bond motifs is 1. The van der Waals surface area contributed by atoms with Gasteiger partial charge in [-0.15, -0.1) is 21.5 Å². The highest BCUT2D eigenvalue weighted by molar-refractivity contribution is 8.03. The van der Waals surface area contributed by atoms with Gasteiger partial charge in [-0.2, -0.15) is 13.2 Å². The molecule has 0 aliphatic carbocycles. The fourth-order valence-electron chi connectivity index (χ4n) is 3.54. The molecule has 0 aliphatic rings. The van der Waals surface area contributed by atoms with Gasteiger partial charge in [0.1, 0.15) is 4.83 Å². The summed E-state index contributed by atoms with van der Waals surface area (Å²) in [4.78, 5) is 40.2. The van der Waals surface area contributed by atoms with Crippen LogP contribution in [0.5, 0.6) is 0 Å². The van der Waals surface area contributed by atoms with Crippen LogP contribution in [-0.2, 0) is 19.8 Å². The molecule has 0 atom stereocenters. The molecule has 4 aromatic rings. The van der Waals surface area contributed by atoms with E-state index >= 15 is 0 Å². The predicted octanol–water partition coefficient (Wildman–Crippen LogP) is 5.39. The summed E-state index contributed by atoms with van der Waals surface area (Å²) in [6.07, 6.45) is -2.93. The number of carbonyl (C=O) groups is 1. The Hall–Kier alpha value is -2.42. The zero-order valence-electron chi connectivity index (χ0n) is 19.4. The summed E-state index contributed by atoms with van der Waals surface area (Å²) >= 11 is 4.43. The lowest BCUT2D eigenvalue weighted by molar-refractivity contribution is -0.137. The average Bonchev–Trinajstić information content (AvgIpc) is 3.44. The van der Waals surface area contributed by atoms with Crippen LogP contribution in [0.2, 0.25) is 0 Å². The second kappa shape index (κ2) is 10.1. The average molecular weight is 573 g/mol. The predicted molar refractivity (Wildman–Crippen MR) is 137 cm³/mol. The largest absolute Gasteiger partial charge is 0.417 e. The Labute approximate surface area is 219 Å². The summed E-state index contributed by atoms with van der Waals surface area (Å²) in [5.41, 5.74) is -2.80. The van der Waals surface area contributed by atoms with E-state index in [-0.39, 0.29) is 32.5 Å². The van der Waals surface area contributed by atoms with Crippen molar-refractivity contribution in [1.82, 2.24) is 19.3 Å². The van der Waals surface area contributed by atoms with Gasteiger partial charge in [-0.1, -0.05) is 66.9 Å². The third-order valence-electron chi connectivity index (χ3n) is 5.11. The number of nitrogens with zero attached hydrogens (tertiary/aromatic N) is 4. The van der Waals surface area contributed by atoms with Gasteiger partial charge < -0.3 is 0 Å². The van der Waals surface area contributed by atoms with Crippen LogP contribution < -0.4 is 11.2 Å². The van der Waals surface area contributed by atoms with Gasteiger partial charge in [-0.25, -0.2) is 4.79 Å². The molecule has 0 spiro atoms. The van der Waals surface area contributed by atoms with Gasteiger partial charge >= 0.3 is 11.9 Å². The number of rotatable bonds is 7. The van der Waals surface area contributed by atoms with E-state index < -0.39 is 34.3 Å². The molecule has 7 nitrogen and oxygen atoms in total. The molecule has 0 aliphatic heterocycles. The van der Waals surface area contributed by atoms with Crippen molar-refractivity contribution in [2.75, 3.05) is 6.26 Å². The summed E-state index contributed by atoms with van der Waals surface area (Å²) < 4.78 is 44.6. The van der Waals surface area contributed by atoms with Gasteiger partial charge in [0.2, 0.25) is 5.78 Å². The van der Waals surface area contributed by atoms with E-state index in [2.05, 4.69) is 10.2 Å². The van der Waals surface area contributed by atoms with E-state index in [4.69, 9.17) is 0 Å². The smallest absolute Gasteiger partial charge is 0.288 e. The molecule has 1 aromatic carbocycles. The van der Waals surface area contributed by atoms with Crippen LogP contribution in [0.1, 0.15) is 34.6 Å². The number of alkyl halides is 3. The topological polar surface area (TPSA) is 86.8 Å². The van der Waals surface area contributed by atoms with E-state index in [1.807, 2.05) is 20.1 Å². The quantitative estimate of drug-likeness (QED) is 0.217. The Kier molecular flexibility index (Phi) is 7.51. The molecule has 0 amide bonds. The van der Waals surface area contributed by atoms with Crippen molar-refractivity contribution >= 4 is 62.2 Å². The molecular weight excluding hydrogens is 554 g/mol. The molecule has 3 heterocycles. The Balaban J connectivity index is 2.05. The maximum absolute atomic E-state index is 13.7. The summed E-state index contributed by atoms with van der Waals surface area (Å²) in [6.45, 7) is 4.04. The Bertz CT molecular complexity index is 1580. The fraction of sp³-hybridized carbons (Fsp3) is 0.318. The van der Waals surface area contributed by atoms with Gasteiger partial charge in [0.15, 0.2) is 8.68 Å². The summed E-state index contributed by atoms with van der Waals surface area (Å²) in [5.74, 6) is -0.856. The van der Waals surface area contributed by atoms with Crippen molar-refractivity contribution in [2.24, 2.45) is 13.0 Å². The maximum Gasteiger partial charge on any atom is 0.417 e. The van der Waals surface area contributed by atoms with Crippen molar-refractivity contribution in [3.05, 3.63) is 61.1 Å². The highest BCUT2D eigenvalue weighted by Gasteiger charge is 2.36. The van der Waals surface area contributed by atoms with Crippen LogP contribution in [0.3, 0.4) is 0 Å². The van der Waals surface area contributed by atoms with Crippen LogP contribution in [0, 0.1) is 5.92 Å². The Morgan fingerprint density at radius 2 is 1.78 bits per heavy atom. The van der Waals surface area contributed by atoms with E-state index in [1.54, 1.807) is 0 Å². The first-order chi connectivity index (χ1) is 16.9. The monoisotopic (exact) mass is 572 g/mol. The van der Waals surface area contributed by atoms with Crippen LogP contribution in [-0.4, -0.2) is 31.4 Å². The minimum Gasteiger partial charge on any atom is -0.288 e. The molecule has 190 valence electrons. The summed E-state index contributed by atoms with van der Waals surface area (Å²) in [7, 11) is 1.34. The zero-order valence-corrected chi connectivity index (χ0v) is 22.6. The second-order valence-electron chi connectivity index (χ2n) is 8.10. The molecule has 0 saturated carbocycles. The van der Waals surface area contributed by atoms with E-state index in [9.17, 15) is 27.6 Å². The lowest BCUT2D eigenvalue weighted by Crippen LogP contribution is -2.38. The zero-order chi connectivity index (χ0) is 26.4. The number of hydrogen-bond acceptors (Lipinski definition) is 9. The first-order valence-electron chi connectivity index (χ1n) is 10.5. The van der Waals surface area contributed by atoms with Crippen LogP contribution in [0.25, 0.3) is 10.2 Å². The lowest BCUT2D eigenvalue weighted by atomic mass is 10.0. The van der Waals surface area contributed by atoms with Crippen LogP contribution >= 0.6 is 46.2 Å². The molecule has 0 fully saturated rings. The molecule has 4 rings (SSSR count). The van der Waals surface area contributed by atoms with Crippen LogP contribution in [0.15, 0.2) is 47.4 Å². The van der Waals surface area contributed by atoms with E-state index in [0.29, 0.717) is 8.68 Å². The van der Waals surface area contributed by atoms with E-state index in [1.165, 1.54) is 46.8 Å². The van der Waals surface area contributed by atoms with Crippen molar-refractivity contribution in [1.29, 1.82) is 0 Å². The standard InChI is InChI=1S/C22H19F3N4O3S4/c1-10(2)9-29-18-13(17(31)28(3)21(29)32)15(35-20-27-26-19(33-4)36-20)16(34-18)14(30)11-7-5-6-8-12(11)22(23,24)25/h5-8,10H,9H2,1-4H3. The van der Waals surface area contributed by atoms with E-state index in [0.717, 1.165) is 39.8 Å². The number of hydrogen-bond donors (Lipinski definition) is 0. The first-order valence-corrected chi connectivity index (χ1v) is 14.1. The van der Waals surface area contributed by atoms with Crippen LogP contribution in [0.4, 0.5) is 13.2 Å². The fourth-order valence-corrected chi connectivity index (χ4v) is 7.54. The number of carbonyl (C=O) groups excluding carboxylic acids is 1. The normalized spacial score (nSPS) is 12.1. The SMILES string of the molecule is CSc1nnc(Sc2c(C(=O)c3ccccc3C(F)(F)F)sc3c2c(=O)n(C)c(=O)n3CC(C)C)s1. The number of aromatic nitrogens is 4. The molecule has 0 radical (unpaired) electrons. The minimum absolute atomic E-state index is 0.0269. The molecule has 0 N–H and O–H groups in total. The third-order valence-corrected chi connectivity index (χ3v) is 9.51. The third kappa shape index (κ3) is 4.91. The highest BCUT2D eigenvalue weighted by Crippen LogP contribution is 2.43.